The fourth-order valence-electron chi connectivity index (χ4n) is 5.33. The standard InChI is InChI=1S/C29H26N4O4/c1-16-26(17(2)37-31-16)20-11-23(28(30)35)27-22-10-19(29(36)32-14-21(34)15-32)8-9-24(22)33(25(27)12-20)13-18-6-4-3-5-7-18/h3-12,21,34H,13-15H2,1-2H3,(H2,30,35). The highest BCUT2D eigenvalue weighted by Gasteiger charge is 2.30. The van der Waals surface area contributed by atoms with E-state index in [9.17, 15) is 14.7 Å². The number of rotatable bonds is 5. The second-order valence-electron chi connectivity index (χ2n) is 9.65. The number of hydrogen-bond acceptors (Lipinski definition) is 5. The predicted molar refractivity (Wildman–Crippen MR) is 140 cm³/mol. The van der Waals surface area contributed by atoms with Crippen molar-refractivity contribution in [3.8, 4) is 11.1 Å². The molecule has 1 aliphatic rings. The van der Waals surface area contributed by atoms with Crippen LogP contribution >= 0.6 is 0 Å². The SMILES string of the molecule is Cc1noc(C)c1-c1cc(C(N)=O)c2c3cc(C(=O)N4CC(O)C4)ccc3n(Cc3ccccc3)c2c1. The van der Waals surface area contributed by atoms with Crippen LogP contribution < -0.4 is 5.73 Å². The quantitative estimate of drug-likeness (QED) is 0.383. The second-order valence-corrected chi connectivity index (χ2v) is 9.65. The number of nitrogens with zero attached hydrogens (tertiary/aromatic N) is 3. The Morgan fingerprint density at radius 2 is 1.81 bits per heavy atom. The lowest BCUT2D eigenvalue weighted by Crippen LogP contribution is -2.53. The van der Waals surface area contributed by atoms with Gasteiger partial charge >= 0.3 is 0 Å². The molecule has 0 aliphatic carbocycles. The number of amides is 2. The molecule has 8 nitrogen and oxygen atoms in total. The first-order valence-corrected chi connectivity index (χ1v) is 12.2. The Balaban J connectivity index is 1.64. The van der Waals surface area contributed by atoms with Gasteiger partial charge in [-0.1, -0.05) is 35.5 Å². The summed E-state index contributed by atoms with van der Waals surface area (Å²) in [4.78, 5) is 27.5. The third kappa shape index (κ3) is 3.77. The van der Waals surface area contributed by atoms with Crippen molar-refractivity contribution in [2.45, 2.75) is 26.5 Å². The van der Waals surface area contributed by atoms with Crippen LogP contribution in [0.1, 0.15) is 37.7 Å². The number of aliphatic hydroxyl groups excluding tert-OH is 1. The van der Waals surface area contributed by atoms with Gasteiger partial charge in [-0.25, -0.2) is 0 Å². The number of nitrogens with two attached hydrogens (primary N) is 1. The maximum absolute atomic E-state index is 13.1. The van der Waals surface area contributed by atoms with Crippen molar-refractivity contribution in [1.29, 1.82) is 0 Å². The minimum absolute atomic E-state index is 0.149. The monoisotopic (exact) mass is 494 g/mol. The van der Waals surface area contributed by atoms with Crippen LogP contribution in [0.25, 0.3) is 32.9 Å². The van der Waals surface area contributed by atoms with Crippen molar-refractivity contribution in [2.24, 2.45) is 5.73 Å². The van der Waals surface area contributed by atoms with E-state index in [1.165, 1.54) is 0 Å². The van der Waals surface area contributed by atoms with Crippen molar-refractivity contribution < 1.29 is 19.2 Å². The van der Waals surface area contributed by atoms with Gasteiger partial charge in [0.15, 0.2) is 0 Å². The topological polar surface area (TPSA) is 115 Å². The molecule has 1 aliphatic heterocycles. The number of benzene rings is 3. The molecule has 3 heterocycles. The molecular formula is C29H26N4O4. The number of carbonyl (C=O) groups excluding carboxylic acids is 2. The minimum atomic E-state index is -0.556. The number of primary amides is 1. The molecule has 0 radical (unpaired) electrons. The summed E-state index contributed by atoms with van der Waals surface area (Å²) >= 11 is 0. The number of β-amino-alcohol motifs (C(OH)–C–C–N with tert-alkyl or cyclic N) is 1. The summed E-state index contributed by atoms with van der Waals surface area (Å²) in [5.41, 5.74) is 12.0. The Hall–Kier alpha value is -4.43. The van der Waals surface area contributed by atoms with Gasteiger partial charge in [-0.3, -0.25) is 9.59 Å². The van der Waals surface area contributed by atoms with E-state index < -0.39 is 12.0 Å². The average molecular weight is 495 g/mol. The summed E-state index contributed by atoms with van der Waals surface area (Å²) in [5.74, 6) is -0.0494. The first kappa shape index (κ1) is 23.0. The van der Waals surface area contributed by atoms with Crippen molar-refractivity contribution in [3.63, 3.8) is 0 Å². The maximum Gasteiger partial charge on any atom is 0.254 e. The molecule has 8 heteroatoms. The molecule has 0 unspecified atom stereocenters. The molecule has 3 N–H and O–H groups in total. The summed E-state index contributed by atoms with van der Waals surface area (Å²) in [6.45, 7) is 4.91. The first-order chi connectivity index (χ1) is 17.8. The molecule has 2 amide bonds. The number of fused-ring (bicyclic) bond motifs is 3. The van der Waals surface area contributed by atoms with E-state index >= 15 is 0 Å². The summed E-state index contributed by atoms with van der Waals surface area (Å²) in [7, 11) is 0. The lowest BCUT2D eigenvalue weighted by molar-refractivity contribution is 0.00591. The zero-order chi connectivity index (χ0) is 25.8. The Labute approximate surface area is 212 Å². The van der Waals surface area contributed by atoms with E-state index in [1.54, 1.807) is 17.0 Å². The summed E-state index contributed by atoms with van der Waals surface area (Å²) in [5, 5.41) is 15.2. The molecule has 6 rings (SSSR count). The van der Waals surface area contributed by atoms with Crippen LogP contribution in [0.3, 0.4) is 0 Å². The van der Waals surface area contributed by atoms with Gasteiger partial charge in [-0.15, -0.1) is 0 Å². The Morgan fingerprint density at radius 1 is 1.05 bits per heavy atom. The minimum Gasteiger partial charge on any atom is -0.389 e. The molecule has 0 saturated carbocycles. The highest BCUT2D eigenvalue weighted by Crippen LogP contribution is 2.38. The number of aryl methyl sites for hydroxylation is 2. The van der Waals surface area contributed by atoms with E-state index in [4.69, 9.17) is 10.3 Å². The van der Waals surface area contributed by atoms with Gasteiger partial charge in [0.25, 0.3) is 5.91 Å². The summed E-state index contributed by atoms with van der Waals surface area (Å²) in [6, 6.07) is 19.4. The van der Waals surface area contributed by atoms with Crippen LogP contribution in [0.2, 0.25) is 0 Å². The number of aliphatic hydroxyl groups is 1. The third-order valence-corrected chi connectivity index (χ3v) is 7.13. The smallest absolute Gasteiger partial charge is 0.254 e. The Bertz CT molecular complexity index is 1670. The molecule has 5 aromatic rings. The number of carbonyl (C=O) groups is 2. The molecule has 3 aromatic carbocycles. The number of aromatic nitrogens is 2. The molecule has 37 heavy (non-hydrogen) atoms. The molecular weight excluding hydrogens is 468 g/mol. The van der Waals surface area contributed by atoms with E-state index in [0.717, 1.165) is 38.8 Å². The van der Waals surface area contributed by atoms with Crippen molar-refractivity contribution >= 4 is 33.6 Å². The van der Waals surface area contributed by atoms with Gasteiger partial charge in [0.05, 0.1) is 17.3 Å². The zero-order valence-electron chi connectivity index (χ0n) is 20.6. The van der Waals surface area contributed by atoms with Gasteiger partial charge in [0.2, 0.25) is 5.91 Å². The van der Waals surface area contributed by atoms with Crippen LogP contribution in [0.15, 0.2) is 65.2 Å². The molecule has 0 spiro atoms. The van der Waals surface area contributed by atoms with E-state index in [2.05, 4.69) is 21.9 Å². The lowest BCUT2D eigenvalue weighted by atomic mass is 9.97. The van der Waals surface area contributed by atoms with Gasteiger partial charge < -0.3 is 24.8 Å². The number of likely N-dealkylation sites (tertiary alicyclic amines) is 1. The fraction of sp³-hybridized carbons (Fsp3) is 0.207. The van der Waals surface area contributed by atoms with Gasteiger partial charge in [-0.05, 0) is 55.3 Å². The lowest BCUT2D eigenvalue weighted by Gasteiger charge is -2.35. The molecule has 1 saturated heterocycles. The normalized spacial score (nSPS) is 13.9. The first-order valence-electron chi connectivity index (χ1n) is 12.2. The number of hydrogen-bond donors (Lipinski definition) is 2. The third-order valence-electron chi connectivity index (χ3n) is 7.13. The van der Waals surface area contributed by atoms with E-state index in [0.29, 0.717) is 41.9 Å². The average Bonchev–Trinajstić information content (AvgIpc) is 3.37. The molecule has 2 aromatic heterocycles. The highest BCUT2D eigenvalue weighted by molar-refractivity contribution is 6.20. The molecule has 0 atom stereocenters. The predicted octanol–water partition coefficient (Wildman–Crippen LogP) is 4.03. The van der Waals surface area contributed by atoms with Crippen LogP contribution in [-0.2, 0) is 6.54 Å². The highest BCUT2D eigenvalue weighted by atomic mass is 16.5. The molecule has 1 fully saturated rings. The van der Waals surface area contributed by atoms with Crippen LogP contribution in [0.4, 0.5) is 0 Å². The van der Waals surface area contributed by atoms with E-state index in [1.807, 2.05) is 50.2 Å². The second kappa shape index (κ2) is 8.60. The van der Waals surface area contributed by atoms with Gasteiger partial charge in [0.1, 0.15) is 5.76 Å². The van der Waals surface area contributed by atoms with Gasteiger partial charge in [-0.2, -0.15) is 0 Å². The van der Waals surface area contributed by atoms with Crippen molar-refractivity contribution in [2.75, 3.05) is 13.1 Å². The van der Waals surface area contributed by atoms with Crippen LogP contribution in [0, 0.1) is 13.8 Å². The van der Waals surface area contributed by atoms with Crippen molar-refractivity contribution in [1.82, 2.24) is 14.6 Å². The van der Waals surface area contributed by atoms with Crippen molar-refractivity contribution in [3.05, 3.63) is 88.8 Å². The summed E-state index contributed by atoms with van der Waals surface area (Å²) in [6.07, 6.45) is -0.482. The Kier molecular flexibility index (Phi) is 5.35. The fourth-order valence-corrected chi connectivity index (χ4v) is 5.33. The van der Waals surface area contributed by atoms with E-state index in [-0.39, 0.29) is 5.91 Å². The Morgan fingerprint density at radius 3 is 2.46 bits per heavy atom. The van der Waals surface area contributed by atoms with Gasteiger partial charge in [0, 0.05) is 52.6 Å². The zero-order valence-corrected chi connectivity index (χ0v) is 20.6. The van der Waals surface area contributed by atoms with Crippen LogP contribution in [0.5, 0.6) is 0 Å². The largest absolute Gasteiger partial charge is 0.389 e. The summed E-state index contributed by atoms with van der Waals surface area (Å²) < 4.78 is 7.55. The molecule has 186 valence electrons. The molecule has 0 bridgehead atoms. The maximum atomic E-state index is 13.1. The van der Waals surface area contributed by atoms with Crippen LogP contribution in [-0.4, -0.2) is 50.7 Å².